The van der Waals surface area contributed by atoms with Gasteiger partial charge in [-0.2, -0.15) is 0 Å². The van der Waals surface area contributed by atoms with Gasteiger partial charge in [-0.25, -0.2) is 18.2 Å². The first kappa shape index (κ1) is 11.8. The molecule has 5 atom stereocenters. The van der Waals surface area contributed by atoms with Gasteiger partial charge in [0.2, 0.25) is 0 Å². The van der Waals surface area contributed by atoms with Crippen LogP contribution < -0.4 is 5.32 Å². The van der Waals surface area contributed by atoms with Gasteiger partial charge in [-0.05, 0) is 0 Å². The molecule has 16 heavy (non-hydrogen) atoms. The zero-order valence-electron chi connectivity index (χ0n) is 8.31. The average Bonchev–Trinajstić information content (AvgIpc) is 2.66. The number of aliphatic imine (C=N–C) groups is 1. The minimum absolute atomic E-state index is 0.118. The molecule has 0 saturated carbocycles. The molecule has 0 spiro atoms. The van der Waals surface area contributed by atoms with Crippen molar-refractivity contribution in [1.82, 2.24) is 5.32 Å². The number of fused-ring (bicyclic) bond motifs is 1. The number of alkyl halides is 3. The van der Waals surface area contributed by atoms with Crippen LogP contribution in [0.15, 0.2) is 4.99 Å². The summed E-state index contributed by atoms with van der Waals surface area (Å²) >= 11 is 0.724. The fourth-order valence-electron chi connectivity index (χ4n) is 1.69. The van der Waals surface area contributed by atoms with E-state index in [2.05, 4.69) is 10.3 Å². The van der Waals surface area contributed by atoms with Crippen molar-refractivity contribution in [3.63, 3.8) is 0 Å². The van der Waals surface area contributed by atoms with E-state index in [4.69, 9.17) is 4.74 Å². The Bertz CT molecular complexity index is 305. The van der Waals surface area contributed by atoms with Gasteiger partial charge in [0.05, 0.1) is 5.25 Å². The molecule has 1 fully saturated rings. The monoisotopic (exact) mass is 256 g/mol. The maximum Gasteiger partial charge on any atom is 0.286 e. The van der Waals surface area contributed by atoms with Crippen molar-refractivity contribution in [3.05, 3.63) is 0 Å². The number of ether oxygens (including phenoxy) is 1. The highest BCUT2D eigenvalue weighted by atomic mass is 32.2. The number of aliphatic hydroxyl groups excluding tert-OH is 1. The predicted molar refractivity (Wildman–Crippen MR) is 53.4 cm³/mol. The first-order valence-corrected chi connectivity index (χ1v) is 5.67. The third-order valence-electron chi connectivity index (χ3n) is 2.52. The maximum atomic E-state index is 13.6. The van der Waals surface area contributed by atoms with E-state index in [1.165, 1.54) is 7.05 Å². The Morgan fingerprint density at radius 3 is 2.81 bits per heavy atom. The van der Waals surface area contributed by atoms with Gasteiger partial charge in [-0.1, -0.05) is 0 Å². The third-order valence-corrected chi connectivity index (χ3v) is 3.96. The van der Waals surface area contributed by atoms with Crippen LogP contribution >= 0.6 is 11.8 Å². The lowest BCUT2D eigenvalue weighted by atomic mass is 10.0. The van der Waals surface area contributed by atoms with E-state index in [1.54, 1.807) is 0 Å². The number of thioether (sulfide) groups is 1. The second-order valence-corrected chi connectivity index (χ2v) is 4.81. The fourth-order valence-corrected chi connectivity index (χ4v) is 2.94. The van der Waals surface area contributed by atoms with Crippen LogP contribution in [-0.2, 0) is 4.74 Å². The van der Waals surface area contributed by atoms with Gasteiger partial charge >= 0.3 is 0 Å². The van der Waals surface area contributed by atoms with E-state index in [1.807, 2.05) is 0 Å². The molecule has 0 radical (unpaired) electrons. The highest BCUT2D eigenvalue weighted by molar-refractivity contribution is 8.00. The number of hydrogen-bond donors (Lipinski definition) is 2. The largest absolute Gasteiger partial charge is 0.448 e. The Labute approximate surface area is 94.3 Å². The van der Waals surface area contributed by atoms with Crippen molar-refractivity contribution in [2.45, 2.75) is 35.4 Å². The highest BCUT2D eigenvalue weighted by Gasteiger charge is 2.52. The number of nitrogens with one attached hydrogen (secondary N) is 1. The van der Waals surface area contributed by atoms with E-state index < -0.39 is 35.4 Å². The SMILES string of the molecule is CNC1=N[C@@H]2[C@H](F)[C@H](O)C(C(F)F)S[C@@H]2O1. The number of halogens is 3. The van der Waals surface area contributed by atoms with Crippen LogP contribution in [0, 0.1) is 0 Å². The van der Waals surface area contributed by atoms with Gasteiger partial charge in [-0.15, -0.1) is 11.8 Å². The van der Waals surface area contributed by atoms with Crippen LogP contribution in [-0.4, -0.2) is 53.6 Å². The van der Waals surface area contributed by atoms with E-state index in [0.29, 0.717) is 0 Å². The molecule has 2 aliphatic heterocycles. The molecule has 4 nitrogen and oxygen atoms in total. The molecule has 8 heteroatoms. The molecular weight excluding hydrogens is 245 g/mol. The average molecular weight is 256 g/mol. The quantitative estimate of drug-likeness (QED) is 0.711. The molecule has 2 heterocycles. The minimum atomic E-state index is -2.79. The Balaban J connectivity index is 2.14. The Morgan fingerprint density at radius 2 is 2.25 bits per heavy atom. The molecule has 1 unspecified atom stereocenters. The van der Waals surface area contributed by atoms with Crippen molar-refractivity contribution in [1.29, 1.82) is 0 Å². The fraction of sp³-hybridized carbons (Fsp3) is 0.875. The Kier molecular flexibility index (Phi) is 3.20. The molecular formula is C8H11F3N2O2S. The van der Waals surface area contributed by atoms with Gasteiger partial charge in [0.15, 0.2) is 11.6 Å². The van der Waals surface area contributed by atoms with Gasteiger partial charge in [0, 0.05) is 7.05 Å². The first-order valence-electron chi connectivity index (χ1n) is 4.72. The van der Waals surface area contributed by atoms with Crippen molar-refractivity contribution < 1.29 is 23.0 Å². The first-order chi connectivity index (χ1) is 7.54. The van der Waals surface area contributed by atoms with Crippen LogP contribution in [0.5, 0.6) is 0 Å². The highest BCUT2D eigenvalue weighted by Crippen LogP contribution is 2.41. The lowest BCUT2D eigenvalue weighted by Gasteiger charge is -2.35. The number of aliphatic hydroxyl groups is 1. The van der Waals surface area contributed by atoms with Crippen molar-refractivity contribution in [3.8, 4) is 0 Å². The maximum absolute atomic E-state index is 13.6. The van der Waals surface area contributed by atoms with Gasteiger partial charge in [-0.3, -0.25) is 0 Å². The summed E-state index contributed by atoms with van der Waals surface area (Å²) < 4.78 is 43.8. The lowest BCUT2D eigenvalue weighted by molar-refractivity contribution is -0.000582. The summed E-state index contributed by atoms with van der Waals surface area (Å²) in [6, 6.07) is -0.801. The summed E-state index contributed by atoms with van der Waals surface area (Å²) in [5.41, 5.74) is -0.792. The molecule has 1 saturated heterocycles. The van der Waals surface area contributed by atoms with E-state index in [0.717, 1.165) is 11.8 Å². The summed E-state index contributed by atoms with van der Waals surface area (Å²) in [5, 5.41) is 10.5. The van der Waals surface area contributed by atoms with Gasteiger partial charge in [0.25, 0.3) is 12.4 Å². The van der Waals surface area contributed by atoms with Crippen LogP contribution in [0.25, 0.3) is 0 Å². The molecule has 2 aliphatic rings. The van der Waals surface area contributed by atoms with Crippen molar-refractivity contribution in [2.75, 3.05) is 7.05 Å². The van der Waals surface area contributed by atoms with Crippen molar-refractivity contribution in [2.24, 2.45) is 4.99 Å². The standard InChI is InChI=1S/C8H11F3N2O2S/c1-12-8-13-3-2(9)4(14)5(6(10)11)16-7(3)15-8/h2-7,14H,1H3,(H,12,13)/t2-,3+,4-,5?,7-/m0/s1. The van der Waals surface area contributed by atoms with Gasteiger partial charge < -0.3 is 15.2 Å². The smallest absolute Gasteiger partial charge is 0.286 e. The lowest BCUT2D eigenvalue weighted by Crippen LogP contribution is -2.51. The molecule has 0 aromatic heterocycles. The number of rotatable bonds is 1. The second-order valence-electron chi connectivity index (χ2n) is 3.53. The summed E-state index contributed by atoms with van der Waals surface area (Å²) in [4.78, 5) is 3.84. The normalized spacial score (nSPS) is 42.6. The van der Waals surface area contributed by atoms with Gasteiger partial charge in [0.1, 0.15) is 12.1 Å². The minimum Gasteiger partial charge on any atom is -0.448 e. The van der Waals surface area contributed by atoms with Crippen molar-refractivity contribution >= 4 is 17.8 Å². The summed E-state index contributed by atoms with van der Waals surface area (Å²) in [5.74, 6) is 0. The predicted octanol–water partition coefficient (Wildman–Crippen LogP) is 0.366. The molecule has 2 rings (SSSR count). The number of hydrogen-bond acceptors (Lipinski definition) is 5. The topological polar surface area (TPSA) is 53.9 Å². The van der Waals surface area contributed by atoms with E-state index in [-0.39, 0.29) is 6.02 Å². The second kappa shape index (κ2) is 4.33. The molecule has 92 valence electrons. The Morgan fingerprint density at radius 1 is 1.56 bits per heavy atom. The Hall–Kier alpha value is -0.630. The van der Waals surface area contributed by atoms with E-state index >= 15 is 0 Å². The van der Waals surface area contributed by atoms with Crippen LogP contribution in [0.1, 0.15) is 0 Å². The zero-order valence-corrected chi connectivity index (χ0v) is 9.13. The van der Waals surface area contributed by atoms with E-state index in [9.17, 15) is 18.3 Å². The van der Waals surface area contributed by atoms with Crippen LogP contribution in [0.3, 0.4) is 0 Å². The molecule has 0 bridgehead atoms. The molecule has 0 aromatic rings. The molecule has 0 aromatic carbocycles. The summed E-state index contributed by atoms with van der Waals surface area (Å²) in [6.07, 6.45) is -6.33. The summed E-state index contributed by atoms with van der Waals surface area (Å²) in [7, 11) is 1.54. The molecule has 2 N–H and O–H groups in total. The summed E-state index contributed by atoms with van der Waals surface area (Å²) in [6.45, 7) is 0. The molecule has 0 amide bonds. The van der Waals surface area contributed by atoms with Crippen LogP contribution in [0.4, 0.5) is 13.2 Å². The third kappa shape index (κ3) is 1.84. The molecule has 0 aliphatic carbocycles. The zero-order chi connectivity index (χ0) is 11.9. The number of amidine groups is 1. The van der Waals surface area contributed by atoms with Crippen LogP contribution in [0.2, 0.25) is 0 Å². The number of nitrogens with zero attached hydrogens (tertiary/aromatic N) is 1.